The number of amides is 2. The Labute approximate surface area is 114 Å². The molecule has 2 amide bonds. The predicted octanol–water partition coefficient (Wildman–Crippen LogP) is 1.31. The standard InChI is InChI=1S/C13H24N2O4/c1-9(2)10(11(16)17)14-12(18)15-7-5-6-13(3,8-15)19-4/h9-10H,5-8H2,1-4H3,(H,14,18)(H,16,17). The van der Waals surface area contributed by atoms with E-state index < -0.39 is 12.0 Å². The van der Waals surface area contributed by atoms with Crippen molar-refractivity contribution in [2.24, 2.45) is 5.92 Å². The molecule has 0 radical (unpaired) electrons. The third-order valence-electron chi connectivity index (χ3n) is 3.65. The van der Waals surface area contributed by atoms with Crippen LogP contribution in [0, 0.1) is 5.92 Å². The van der Waals surface area contributed by atoms with Crippen molar-refractivity contribution in [3.8, 4) is 0 Å². The molecule has 1 saturated heterocycles. The number of hydrogen-bond acceptors (Lipinski definition) is 3. The number of nitrogens with zero attached hydrogens (tertiary/aromatic N) is 1. The molecule has 1 rings (SSSR count). The van der Waals surface area contributed by atoms with Crippen LogP contribution >= 0.6 is 0 Å². The quantitative estimate of drug-likeness (QED) is 0.808. The van der Waals surface area contributed by atoms with Gasteiger partial charge in [0.15, 0.2) is 0 Å². The van der Waals surface area contributed by atoms with Gasteiger partial charge in [0.05, 0.1) is 12.1 Å². The molecule has 6 nitrogen and oxygen atoms in total. The highest BCUT2D eigenvalue weighted by molar-refractivity contribution is 5.82. The number of ether oxygens (including phenoxy) is 1. The molecule has 1 heterocycles. The Hall–Kier alpha value is -1.30. The Bertz CT molecular complexity index is 346. The zero-order valence-corrected chi connectivity index (χ0v) is 12.1. The number of hydrogen-bond donors (Lipinski definition) is 2. The maximum absolute atomic E-state index is 12.1. The Morgan fingerprint density at radius 3 is 2.53 bits per heavy atom. The maximum Gasteiger partial charge on any atom is 0.326 e. The highest BCUT2D eigenvalue weighted by Crippen LogP contribution is 2.23. The third kappa shape index (κ3) is 4.09. The van der Waals surface area contributed by atoms with Crippen molar-refractivity contribution >= 4 is 12.0 Å². The molecule has 2 unspecified atom stereocenters. The van der Waals surface area contributed by atoms with E-state index in [4.69, 9.17) is 9.84 Å². The van der Waals surface area contributed by atoms with Crippen LogP contribution < -0.4 is 5.32 Å². The molecule has 110 valence electrons. The number of rotatable bonds is 4. The van der Waals surface area contributed by atoms with Gasteiger partial charge in [0.2, 0.25) is 0 Å². The first kappa shape index (κ1) is 15.8. The molecule has 1 aliphatic heterocycles. The second kappa shape index (κ2) is 6.23. The Balaban J connectivity index is 2.64. The van der Waals surface area contributed by atoms with E-state index in [9.17, 15) is 9.59 Å². The highest BCUT2D eigenvalue weighted by Gasteiger charge is 2.34. The van der Waals surface area contributed by atoms with Crippen LogP contribution in [0.1, 0.15) is 33.6 Å². The van der Waals surface area contributed by atoms with Crippen LogP contribution in [0.5, 0.6) is 0 Å². The number of piperidine rings is 1. The summed E-state index contributed by atoms with van der Waals surface area (Å²) in [4.78, 5) is 24.8. The minimum atomic E-state index is -1.00. The van der Waals surface area contributed by atoms with Gasteiger partial charge in [-0.2, -0.15) is 0 Å². The first-order valence-electron chi connectivity index (χ1n) is 6.62. The van der Waals surface area contributed by atoms with E-state index in [1.807, 2.05) is 6.92 Å². The van der Waals surface area contributed by atoms with Gasteiger partial charge in [0.1, 0.15) is 6.04 Å². The van der Waals surface area contributed by atoms with Gasteiger partial charge in [-0.3, -0.25) is 0 Å². The number of urea groups is 1. The second-order valence-corrected chi connectivity index (χ2v) is 5.69. The topological polar surface area (TPSA) is 78.9 Å². The minimum Gasteiger partial charge on any atom is -0.480 e. The third-order valence-corrected chi connectivity index (χ3v) is 3.65. The van der Waals surface area contributed by atoms with Gasteiger partial charge in [-0.05, 0) is 25.7 Å². The number of carbonyl (C=O) groups is 2. The van der Waals surface area contributed by atoms with Gasteiger partial charge >= 0.3 is 12.0 Å². The molecular weight excluding hydrogens is 248 g/mol. The summed E-state index contributed by atoms with van der Waals surface area (Å²) in [6.45, 7) is 6.63. The fraction of sp³-hybridized carbons (Fsp3) is 0.846. The summed E-state index contributed by atoms with van der Waals surface area (Å²) in [7, 11) is 1.63. The van der Waals surface area contributed by atoms with Crippen LogP contribution in [0.3, 0.4) is 0 Å². The van der Waals surface area contributed by atoms with E-state index >= 15 is 0 Å². The Morgan fingerprint density at radius 1 is 1.42 bits per heavy atom. The normalized spacial score (nSPS) is 25.2. The van der Waals surface area contributed by atoms with E-state index in [2.05, 4.69) is 5.32 Å². The number of carboxylic acids is 1. The molecule has 0 spiro atoms. The summed E-state index contributed by atoms with van der Waals surface area (Å²) in [5.41, 5.74) is -0.341. The van der Waals surface area contributed by atoms with Gasteiger partial charge < -0.3 is 20.1 Å². The SMILES string of the molecule is COC1(C)CCCN(C(=O)NC(C(=O)O)C(C)C)C1. The van der Waals surface area contributed by atoms with Crippen molar-refractivity contribution in [1.82, 2.24) is 10.2 Å². The van der Waals surface area contributed by atoms with Crippen LogP contribution in [0.15, 0.2) is 0 Å². The fourth-order valence-electron chi connectivity index (χ4n) is 2.28. The van der Waals surface area contributed by atoms with E-state index in [1.165, 1.54) is 0 Å². The van der Waals surface area contributed by atoms with Crippen molar-refractivity contribution in [3.63, 3.8) is 0 Å². The van der Waals surface area contributed by atoms with Gasteiger partial charge in [0, 0.05) is 13.7 Å². The molecule has 0 saturated carbocycles. The number of carbonyl (C=O) groups excluding carboxylic acids is 1. The lowest BCUT2D eigenvalue weighted by atomic mass is 9.95. The molecule has 1 aliphatic rings. The van der Waals surface area contributed by atoms with Crippen LogP contribution in [0.4, 0.5) is 4.79 Å². The number of aliphatic carboxylic acids is 1. The molecule has 2 atom stereocenters. The summed E-state index contributed by atoms with van der Waals surface area (Å²) < 4.78 is 5.42. The average Bonchev–Trinajstić information content (AvgIpc) is 2.35. The van der Waals surface area contributed by atoms with Crippen LogP contribution in [0.25, 0.3) is 0 Å². The molecule has 6 heteroatoms. The molecule has 0 aromatic rings. The van der Waals surface area contributed by atoms with Gasteiger partial charge in [-0.1, -0.05) is 13.8 Å². The first-order chi connectivity index (χ1) is 8.79. The lowest BCUT2D eigenvalue weighted by Crippen LogP contribution is -2.56. The monoisotopic (exact) mass is 272 g/mol. The zero-order chi connectivity index (χ0) is 14.6. The van der Waals surface area contributed by atoms with Crippen LogP contribution in [-0.4, -0.2) is 53.8 Å². The lowest BCUT2D eigenvalue weighted by molar-refractivity contribution is -0.140. The molecule has 0 aliphatic carbocycles. The fourth-order valence-corrected chi connectivity index (χ4v) is 2.28. The van der Waals surface area contributed by atoms with Gasteiger partial charge in [-0.25, -0.2) is 9.59 Å². The number of likely N-dealkylation sites (tertiary alicyclic amines) is 1. The molecule has 19 heavy (non-hydrogen) atoms. The van der Waals surface area contributed by atoms with Gasteiger partial charge in [0.25, 0.3) is 0 Å². The van der Waals surface area contributed by atoms with Crippen molar-refractivity contribution in [2.75, 3.05) is 20.2 Å². The first-order valence-corrected chi connectivity index (χ1v) is 6.62. The lowest BCUT2D eigenvalue weighted by Gasteiger charge is -2.39. The van der Waals surface area contributed by atoms with E-state index in [0.29, 0.717) is 13.1 Å². The number of carboxylic acid groups (broad SMARTS) is 1. The van der Waals surface area contributed by atoms with Crippen molar-refractivity contribution in [3.05, 3.63) is 0 Å². The van der Waals surface area contributed by atoms with E-state index in [0.717, 1.165) is 12.8 Å². The molecule has 2 N–H and O–H groups in total. The molecular formula is C13H24N2O4. The van der Waals surface area contributed by atoms with Gasteiger partial charge in [-0.15, -0.1) is 0 Å². The predicted molar refractivity (Wildman–Crippen MR) is 71.0 cm³/mol. The zero-order valence-electron chi connectivity index (χ0n) is 12.1. The smallest absolute Gasteiger partial charge is 0.326 e. The Kier molecular flexibility index (Phi) is 5.17. The van der Waals surface area contributed by atoms with E-state index in [1.54, 1.807) is 25.9 Å². The summed E-state index contributed by atoms with van der Waals surface area (Å²) in [5.74, 6) is -1.16. The number of methoxy groups -OCH3 is 1. The largest absolute Gasteiger partial charge is 0.480 e. The summed E-state index contributed by atoms with van der Waals surface area (Å²) >= 11 is 0. The summed E-state index contributed by atoms with van der Waals surface area (Å²) in [6.07, 6.45) is 1.76. The summed E-state index contributed by atoms with van der Waals surface area (Å²) in [6, 6.07) is -1.19. The molecule has 0 aromatic heterocycles. The maximum atomic E-state index is 12.1. The highest BCUT2D eigenvalue weighted by atomic mass is 16.5. The van der Waals surface area contributed by atoms with Crippen molar-refractivity contribution < 1.29 is 19.4 Å². The summed E-state index contributed by atoms with van der Waals surface area (Å²) in [5, 5.41) is 11.7. The minimum absolute atomic E-state index is 0.153. The number of nitrogens with one attached hydrogen (secondary N) is 1. The van der Waals surface area contributed by atoms with Crippen LogP contribution in [0.2, 0.25) is 0 Å². The molecule has 0 bridgehead atoms. The van der Waals surface area contributed by atoms with Crippen molar-refractivity contribution in [2.45, 2.75) is 45.3 Å². The molecule has 0 aromatic carbocycles. The van der Waals surface area contributed by atoms with Crippen LogP contribution in [-0.2, 0) is 9.53 Å². The van der Waals surface area contributed by atoms with E-state index in [-0.39, 0.29) is 17.6 Å². The second-order valence-electron chi connectivity index (χ2n) is 5.69. The average molecular weight is 272 g/mol. The Morgan fingerprint density at radius 2 is 2.05 bits per heavy atom. The molecule has 1 fully saturated rings. The van der Waals surface area contributed by atoms with Crippen molar-refractivity contribution in [1.29, 1.82) is 0 Å².